The third-order valence-corrected chi connectivity index (χ3v) is 4.01. The van der Waals surface area contributed by atoms with Crippen molar-refractivity contribution < 1.29 is 44.5 Å². The molecule has 1 aromatic carbocycles. The minimum atomic E-state index is -1.07. The van der Waals surface area contributed by atoms with E-state index in [9.17, 15) is 29.4 Å². The molecule has 1 aliphatic heterocycles. The Labute approximate surface area is 162 Å². The molecule has 25 heavy (non-hydrogen) atoms. The van der Waals surface area contributed by atoms with E-state index in [4.69, 9.17) is 4.74 Å². The van der Waals surface area contributed by atoms with Gasteiger partial charge in [-0.15, -0.1) is 0 Å². The van der Waals surface area contributed by atoms with Crippen molar-refractivity contribution in [2.24, 2.45) is 0 Å². The van der Waals surface area contributed by atoms with Gasteiger partial charge in [0.1, 0.15) is 12.3 Å². The molecule has 10 nitrogen and oxygen atoms in total. The number of aromatic amines is 1. The average molecular weight is 359 g/mol. The third kappa shape index (κ3) is 3.48. The molecule has 0 aliphatic carbocycles. The van der Waals surface area contributed by atoms with Crippen LogP contribution in [0.1, 0.15) is 18.2 Å². The Kier molecular flexibility index (Phi) is 5.69. The first-order valence-corrected chi connectivity index (χ1v) is 7.19. The molecule has 1 fully saturated rings. The van der Waals surface area contributed by atoms with Gasteiger partial charge in [0.25, 0.3) is 5.56 Å². The topological polar surface area (TPSA) is 154 Å². The normalized spacial score (nSPS) is 22.7. The van der Waals surface area contributed by atoms with Gasteiger partial charge in [-0.2, -0.15) is 0 Å². The predicted octanol–water partition coefficient (Wildman–Crippen LogP) is -5.72. The molecule has 3 N–H and O–H groups in total. The molecule has 3 atom stereocenters. The number of ether oxygens (including phenoxy) is 1. The van der Waals surface area contributed by atoms with E-state index in [1.807, 2.05) is 0 Å². The van der Waals surface area contributed by atoms with Crippen LogP contribution in [0, 0.1) is 6.92 Å². The van der Waals surface area contributed by atoms with Gasteiger partial charge in [0, 0.05) is 24.7 Å². The Hall–Kier alpha value is -1.72. The zero-order valence-corrected chi connectivity index (χ0v) is 15.6. The number of H-pyrrole nitrogens is 1. The molecule has 0 radical (unpaired) electrons. The van der Waals surface area contributed by atoms with Crippen LogP contribution < -0.4 is 62.1 Å². The molecule has 0 amide bonds. The van der Waals surface area contributed by atoms with E-state index < -0.39 is 46.3 Å². The summed E-state index contributed by atoms with van der Waals surface area (Å²) in [5.74, 6) is -0.892. The Morgan fingerprint density at radius 2 is 2.04 bits per heavy atom. The fourth-order valence-corrected chi connectivity index (χ4v) is 2.60. The number of aromatic nitrogens is 2. The molecule has 0 spiro atoms. The number of aliphatic hydroxyl groups is 1. The molecule has 1 aliphatic rings. The molecule has 1 aromatic heterocycles. The Bertz CT molecular complexity index is 972. The number of nitrogens with zero attached hydrogens (tertiary/aromatic N) is 1. The SMILES string of the molecule is Cc1cn([C@H]2C[C@H](O)[C@@H](CNc3c([O-])c(=O)c3=O)O2)c(=O)[nH]c1=O.[Na+]. The van der Waals surface area contributed by atoms with Gasteiger partial charge in [-0.25, -0.2) is 4.79 Å². The summed E-state index contributed by atoms with van der Waals surface area (Å²) in [4.78, 5) is 47.4. The molecule has 2 heterocycles. The van der Waals surface area contributed by atoms with Gasteiger partial charge < -0.3 is 20.3 Å². The fourth-order valence-electron chi connectivity index (χ4n) is 2.60. The van der Waals surface area contributed by atoms with Crippen molar-refractivity contribution in [3.63, 3.8) is 0 Å². The quantitative estimate of drug-likeness (QED) is 0.360. The second-order valence-electron chi connectivity index (χ2n) is 5.65. The minimum absolute atomic E-state index is 0. The maximum Gasteiger partial charge on any atom is 1.00 e. The summed E-state index contributed by atoms with van der Waals surface area (Å²) in [6.07, 6.45) is -1.12. The van der Waals surface area contributed by atoms with E-state index in [-0.39, 0.29) is 48.2 Å². The Morgan fingerprint density at radius 3 is 2.68 bits per heavy atom. The van der Waals surface area contributed by atoms with Gasteiger partial charge in [0.05, 0.1) is 11.8 Å². The molecular weight excluding hydrogens is 345 g/mol. The summed E-state index contributed by atoms with van der Waals surface area (Å²) < 4.78 is 6.72. The van der Waals surface area contributed by atoms with E-state index in [1.165, 1.54) is 13.1 Å². The van der Waals surface area contributed by atoms with Crippen LogP contribution in [0.5, 0.6) is 5.75 Å². The summed E-state index contributed by atoms with van der Waals surface area (Å²) in [6.45, 7) is 1.45. The standard InChI is InChI=1S/C14H15N3O7.Na/c1-5-4-17(14(23)16-13(5)22)8-2-6(18)7(24-8)3-15-9-10(19)12(21)11(9)20;/h4,6-8,15,18-19H,2-3H2,1H3,(H,16,22,23);/q;+1/p-1/t6-,7+,8+;/m0./s1. The number of nitrogens with one attached hydrogen (secondary N) is 2. The number of hydrogen-bond donors (Lipinski definition) is 3. The molecule has 0 bridgehead atoms. The van der Waals surface area contributed by atoms with Crippen LogP contribution in [0.4, 0.5) is 5.69 Å². The van der Waals surface area contributed by atoms with Crippen LogP contribution in [0.2, 0.25) is 0 Å². The third-order valence-electron chi connectivity index (χ3n) is 4.01. The summed E-state index contributed by atoms with van der Waals surface area (Å²) in [6, 6.07) is 0. The average Bonchev–Trinajstić information content (AvgIpc) is 2.91. The van der Waals surface area contributed by atoms with E-state index >= 15 is 0 Å². The summed E-state index contributed by atoms with van der Waals surface area (Å²) >= 11 is 0. The molecular formula is C14H14N3NaO7. The van der Waals surface area contributed by atoms with Crippen LogP contribution >= 0.6 is 0 Å². The van der Waals surface area contributed by atoms with E-state index in [2.05, 4.69) is 10.3 Å². The number of aryl methyl sites for hydroxylation is 1. The first-order chi connectivity index (χ1) is 11.3. The van der Waals surface area contributed by atoms with Crippen molar-refractivity contribution >= 4 is 5.69 Å². The van der Waals surface area contributed by atoms with Gasteiger partial charge in [-0.3, -0.25) is 23.9 Å². The molecule has 11 heteroatoms. The second kappa shape index (κ2) is 7.26. The number of aliphatic hydroxyl groups excluding tert-OH is 1. The van der Waals surface area contributed by atoms with Gasteiger partial charge >= 0.3 is 35.2 Å². The van der Waals surface area contributed by atoms with Crippen LogP contribution in [-0.2, 0) is 4.74 Å². The zero-order valence-electron chi connectivity index (χ0n) is 13.6. The Balaban J connectivity index is 0.00000225. The van der Waals surface area contributed by atoms with Gasteiger partial charge in [0.2, 0.25) is 10.9 Å². The van der Waals surface area contributed by atoms with Gasteiger partial charge in [0.15, 0.2) is 0 Å². The van der Waals surface area contributed by atoms with E-state index in [0.29, 0.717) is 5.56 Å². The minimum Gasteiger partial charge on any atom is -0.868 e. The van der Waals surface area contributed by atoms with Gasteiger partial charge in [-0.05, 0) is 12.7 Å². The van der Waals surface area contributed by atoms with Crippen molar-refractivity contribution in [2.45, 2.75) is 31.8 Å². The van der Waals surface area contributed by atoms with Crippen molar-refractivity contribution in [2.75, 3.05) is 11.9 Å². The summed E-state index contributed by atoms with van der Waals surface area (Å²) in [5, 5.41) is 23.7. The van der Waals surface area contributed by atoms with E-state index in [1.54, 1.807) is 0 Å². The maximum atomic E-state index is 11.8. The molecule has 0 saturated carbocycles. The smallest absolute Gasteiger partial charge is 0.868 e. The van der Waals surface area contributed by atoms with Crippen molar-refractivity contribution in [1.29, 1.82) is 0 Å². The van der Waals surface area contributed by atoms with Crippen molar-refractivity contribution in [1.82, 2.24) is 9.55 Å². The van der Waals surface area contributed by atoms with Crippen LogP contribution in [0.25, 0.3) is 0 Å². The fraction of sp³-hybridized carbons (Fsp3) is 0.429. The monoisotopic (exact) mass is 359 g/mol. The van der Waals surface area contributed by atoms with Crippen LogP contribution in [-0.4, -0.2) is 33.4 Å². The first-order valence-electron chi connectivity index (χ1n) is 7.19. The Morgan fingerprint density at radius 1 is 1.36 bits per heavy atom. The molecule has 128 valence electrons. The molecule has 3 rings (SSSR count). The largest absolute Gasteiger partial charge is 1.00 e. The second-order valence-corrected chi connectivity index (χ2v) is 5.65. The maximum absolute atomic E-state index is 11.8. The number of rotatable bonds is 4. The number of anilines is 1. The van der Waals surface area contributed by atoms with E-state index in [0.717, 1.165) is 4.57 Å². The van der Waals surface area contributed by atoms with Gasteiger partial charge in [-0.1, -0.05) is 0 Å². The first kappa shape index (κ1) is 19.6. The number of hydrogen-bond acceptors (Lipinski definition) is 8. The van der Waals surface area contributed by atoms with Crippen LogP contribution in [0.15, 0.2) is 25.4 Å². The van der Waals surface area contributed by atoms with Crippen molar-refractivity contribution in [3.05, 3.63) is 53.0 Å². The summed E-state index contributed by atoms with van der Waals surface area (Å²) in [7, 11) is 0. The van der Waals surface area contributed by atoms with Crippen LogP contribution in [0.3, 0.4) is 0 Å². The molecule has 1 saturated heterocycles. The summed E-state index contributed by atoms with van der Waals surface area (Å²) in [5.41, 5.74) is -3.14. The predicted molar refractivity (Wildman–Crippen MR) is 79.9 cm³/mol. The zero-order chi connectivity index (χ0) is 17.6. The molecule has 0 unspecified atom stereocenters. The molecule has 2 aromatic rings. The van der Waals surface area contributed by atoms with Crippen molar-refractivity contribution in [3.8, 4) is 5.75 Å².